The Morgan fingerprint density at radius 2 is 2.14 bits per heavy atom. The molecule has 0 aromatic heterocycles. The molecule has 1 aromatic carbocycles. The second-order valence-corrected chi connectivity index (χ2v) is 7.74. The minimum atomic E-state index is -3.92. The summed E-state index contributed by atoms with van der Waals surface area (Å²) in [4.78, 5) is 11.8. The Kier molecular flexibility index (Phi) is 5.55. The number of rotatable bonds is 4. The Hall–Kier alpha value is -0.600. The molecule has 120 valence electrons. The van der Waals surface area contributed by atoms with Crippen LogP contribution < -0.4 is 5.32 Å². The highest BCUT2D eigenvalue weighted by molar-refractivity contribution is 9.08. The molecule has 9 heteroatoms. The molecule has 5 nitrogen and oxygen atoms in total. The summed E-state index contributed by atoms with van der Waals surface area (Å²) in [6, 6.07) is 1.95. The van der Waals surface area contributed by atoms with Crippen molar-refractivity contribution in [1.82, 2.24) is 9.62 Å². The number of hydrogen-bond donors (Lipinski definition) is 1. The lowest BCUT2D eigenvalue weighted by atomic mass is 10.2. The topological polar surface area (TPSA) is 66.5 Å². The van der Waals surface area contributed by atoms with Crippen LogP contribution >= 0.6 is 39.1 Å². The summed E-state index contributed by atoms with van der Waals surface area (Å²) in [6.07, 6.45) is 3.18. The first kappa shape index (κ1) is 17.7. The molecule has 2 rings (SSSR count). The van der Waals surface area contributed by atoms with E-state index in [4.69, 9.17) is 23.2 Å². The second-order valence-electron chi connectivity index (χ2n) is 4.53. The Balaban J connectivity index is 2.50. The first-order chi connectivity index (χ1) is 10.3. The molecule has 0 saturated carbocycles. The van der Waals surface area contributed by atoms with Crippen LogP contribution in [0.5, 0.6) is 0 Å². The molecular weight excluding hydrogens is 415 g/mol. The van der Waals surface area contributed by atoms with Crippen LogP contribution in [-0.4, -0.2) is 38.3 Å². The quantitative estimate of drug-likeness (QED) is 0.593. The molecule has 0 bridgehead atoms. The van der Waals surface area contributed by atoms with Crippen LogP contribution in [-0.2, 0) is 20.1 Å². The van der Waals surface area contributed by atoms with E-state index >= 15 is 0 Å². The van der Waals surface area contributed by atoms with E-state index in [-0.39, 0.29) is 16.5 Å². The van der Waals surface area contributed by atoms with Gasteiger partial charge in [-0.3, -0.25) is 4.79 Å². The van der Waals surface area contributed by atoms with E-state index in [0.29, 0.717) is 15.9 Å². The molecule has 1 aliphatic heterocycles. The number of amides is 1. The van der Waals surface area contributed by atoms with Crippen molar-refractivity contribution >= 4 is 55.1 Å². The van der Waals surface area contributed by atoms with Gasteiger partial charge in [-0.05, 0) is 12.1 Å². The lowest BCUT2D eigenvalue weighted by Crippen LogP contribution is -2.45. The lowest BCUT2D eigenvalue weighted by Gasteiger charge is -2.23. The SMILES string of the molecule is CNC(=O)[C@@H]1C=CCN1S(=O)(=O)c1ccc(Cl)c(CBr)c1Cl. The fourth-order valence-corrected chi connectivity index (χ4v) is 5.43. The highest BCUT2D eigenvalue weighted by Crippen LogP contribution is 2.35. The lowest BCUT2D eigenvalue weighted by molar-refractivity contribution is -0.122. The molecule has 0 aliphatic carbocycles. The van der Waals surface area contributed by atoms with E-state index in [1.807, 2.05) is 0 Å². The van der Waals surface area contributed by atoms with Crippen LogP contribution in [0.15, 0.2) is 29.2 Å². The third-order valence-corrected chi connectivity index (χ3v) is 6.65. The number of halogens is 3. The monoisotopic (exact) mass is 426 g/mol. The highest BCUT2D eigenvalue weighted by Gasteiger charge is 2.37. The number of nitrogens with zero attached hydrogens (tertiary/aromatic N) is 1. The summed E-state index contributed by atoms with van der Waals surface area (Å²) < 4.78 is 26.8. The maximum atomic E-state index is 12.8. The summed E-state index contributed by atoms with van der Waals surface area (Å²) in [5.74, 6) is -0.400. The number of likely N-dealkylation sites (N-methyl/N-ethyl adjacent to an activating group) is 1. The van der Waals surface area contributed by atoms with Crippen LogP contribution in [0.1, 0.15) is 5.56 Å². The van der Waals surface area contributed by atoms with Crippen molar-refractivity contribution in [3.05, 3.63) is 39.9 Å². The van der Waals surface area contributed by atoms with E-state index in [1.165, 1.54) is 19.2 Å². The van der Waals surface area contributed by atoms with Gasteiger partial charge in [-0.1, -0.05) is 51.3 Å². The molecule has 0 fully saturated rings. The predicted molar refractivity (Wildman–Crippen MR) is 90.0 cm³/mol. The summed E-state index contributed by atoms with van der Waals surface area (Å²) in [6.45, 7) is 0.114. The highest BCUT2D eigenvalue weighted by atomic mass is 79.9. The van der Waals surface area contributed by atoms with Crippen molar-refractivity contribution in [3.8, 4) is 0 Å². The summed E-state index contributed by atoms with van der Waals surface area (Å²) in [5, 5.41) is 3.21. The van der Waals surface area contributed by atoms with Gasteiger partial charge in [-0.2, -0.15) is 4.31 Å². The average molecular weight is 428 g/mol. The van der Waals surface area contributed by atoms with Gasteiger partial charge in [0.1, 0.15) is 10.9 Å². The molecule has 0 saturated heterocycles. The van der Waals surface area contributed by atoms with Crippen LogP contribution in [0.3, 0.4) is 0 Å². The Morgan fingerprint density at radius 3 is 2.73 bits per heavy atom. The molecule has 1 aliphatic rings. The van der Waals surface area contributed by atoms with E-state index in [1.54, 1.807) is 12.2 Å². The van der Waals surface area contributed by atoms with E-state index < -0.39 is 22.0 Å². The molecule has 1 N–H and O–H groups in total. The van der Waals surface area contributed by atoms with Crippen LogP contribution in [0.2, 0.25) is 10.0 Å². The summed E-state index contributed by atoms with van der Waals surface area (Å²) in [7, 11) is -2.47. The largest absolute Gasteiger partial charge is 0.357 e. The number of benzene rings is 1. The van der Waals surface area contributed by atoms with Gasteiger partial charge in [-0.25, -0.2) is 8.42 Å². The van der Waals surface area contributed by atoms with E-state index in [0.717, 1.165) is 4.31 Å². The zero-order valence-corrected chi connectivity index (χ0v) is 15.4. The van der Waals surface area contributed by atoms with Crippen LogP contribution in [0.25, 0.3) is 0 Å². The van der Waals surface area contributed by atoms with Crippen molar-refractivity contribution in [1.29, 1.82) is 0 Å². The van der Waals surface area contributed by atoms with Gasteiger partial charge in [-0.15, -0.1) is 0 Å². The Morgan fingerprint density at radius 1 is 1.45 bits per heavy atom. The fourth-order valence-electron chi connectivity index (χ4n) is 2.14. The zero-order chi connectivity index (χ0) is 16.5. The minimum Gasteiger partial charge on any atom is -0.357 e. The molecule has 1 amide bonds. The first-order valence-corrected chi connectivity index (χ1v) is 9.59. The fraction of sp³-hybridized carbons (Fsp3) is 0.308. The van der Waals surface area contributed by atoms with Crippen molar-refractivity contribution in [2.24, 2.45) is 0 Å². The second kappa shape index (κ2) is 6.88. The number of carbonyl (C=O) groups is 1. The van der Waals surface area contributed by atoms with Crippen LogP contribution in [0.4, 0.5) is 0 Å². The maximum absolute atomic E-state index is 12.8. The first-order valence-electron chi connectivity index (χ1n) is 6.27. The van der Waals surface area contributed by atoms with Crippen molar-refractivity contribution in [2.45, 2.75) is 16.3 Å². The predicted octanol–water partition coefficient (Wildman–Crippen LogP) is 2.56. The number of nitrogens with one attached hydrogen (secondary N) is 1. The van der Waals surface area contributed by atoms with Crippen molar-refractivity contribution in [3.63, 3.8) is 0 Å². The van der Waals surface area contributed by atoms with Crippen molar-refractivity contribution < 1.29 is 13.2 Å². The van der Waals surface area contributed by atoms with Gasteiger partial charge < -0.3 is 5.32 Å². The molecule has 1 aromatic rings. The molecule has 22 heavy (non-hydrogen) atoms. The minimum absolute atomic E-state index is 0.0620. The van der Waals surface area contributed by atoms with Gasteiger partial charge in [0, 0.05) is 29.5 Å². The third-order valence-electron chi connectivity index (χ3n) is 3.30. The van der Waals surface area contributed by atoms with Gasteiger partial charge in [0.15, 0.2) is 0 Å². The maximum Gasteiger partial charge on any atom is 0.245 e. The molecule has 0 unspecified atom stereocenters. The zero-order valence-electron chi connectivity index (χ0n) is 11.5. The van der Waals surface area contributed by atoms with Crippen LogP contribution in [0, 0.1) is 0 Å². The number of carbonyl (C=O) groups excluding carboxylic acids is 1. The summed E-state index contributed by atoms with van der Waals surface area (Å²) in [5.41, 5.74) is 0.494. The molecule has 0 radical (unpaired) electrons. The van der Waals surface area contributed by atoms with Gasteiger partial charge >= 0.3 is 0 Å². The van der Waals surface area contributed by atoms with E-state index in [9.17, 15) is 13.2 Å². The number of hydrogen-bond acceptors (Lipinski definition) is 3. The van der Waals surface area contributed by atoms with Gasteiger partial charge in [0.05, 0.1) is 5.02 Å². The Bertz CT molecular complexity index is 737. The average Bonchev–Trinajstić information content (AvgIpc) is 2.96. The number of alkyl halides is 1. The third kappa shape index (κ3) is 3.05. The normalized spacial score (nSPS) is 18.6. The molecule has 1 atom stereocenters. The van der Waals surface area contributed by atoms with Crippen molar-refractivity contribution in [2.75, 3.05) is 13.6 Å². The standard InChI is InChI=1S/C13H13BrCl2N2O3S/c1-17-13(19)10-3-2-6-18(10)22(20,21)11-5-4-9(15)8(7-14)12(11)16/h2-5,10H,6-7H2,1H3,(H,17,19)/t10-/m0/s1. The summed E-state index contributed by atoms with van der Waals surface area (Å²) >= 11 is 15.4. The molecule has 1 heterocycles. The van der Waals surface area contributed by atoms with Gasteiger partial charge in [0.2, 0.25) is 15.9 Å². The Labute approximate surface area is 147 Å². The van der Waals surface area contributed by atoms with E-state index in [2.05, 4.69) is 21.2 Å². The molecule has 0 spiro atoms. The number of sulfonamides is 1. The van der Waals surface area contributed by atoms with Gasteiger partial charge in [0.25, 0.3) is 0 Å². The smallest absolute Gasteiger partial charge is 0.245 e. The molecular formula is C13H13BrCl2N2O3S.